The second kappa shape index (κ2) is 8.95. The SMILES string of the molecule is CCCn1c(C)cc(C(=O)COC(=O)c2cc(Cl)c(O)c(OCC)c2)c1C. The van der Waals surface area contributed by atoms with Gasteiger partial charge in [0.1, 0.15) is 0 Å². The van der Waals surface area contributed by atoms with Crippen LogP contribution in [0, 0.1) is 13.8 Å². The van der Waals surface area contributed by atoms with Crippen LogP contribution in [0.5, 0.6) is 11.5 Å². The third-order valence-corrected chi connectivity index (χ3v) is 4.51. The van der Waals surface area contributed by atoms with Gasteiger partial charge in [-0.05, 0) is 45.4 Å². The first-order valence-electron chi connectivity index (χ1n) is 8.82. The number of halogens is 1. The fourth-order valence-corrected chi connectivity index (χ4v) is 3.11. The summed E-state index contributed by atoms with van der Waals surface area (Å²) in [6.07, 6.45) is 0.961. The van der Waals surface area contributed by atoms with E-state index in [4.69, 9.17) is 21.1 Å². The van der Waals surface area contributed by atoms with Gasteiger partial charge in [-0.15, -0.1) is 0 Å². The topological polar surface area (TPSA) is 77.8 Å². The Morgan fingerprint density at radius 3 is 2.52 bits per heavy atom. The minimum absolute atomic E-state index is 0.0256. The lowest BCUT2D eigenvalue weighted by atomic mass is 10.1. The minimum Gasteiger partial charge on any atom is -0.503 e. The Morgan fingerprint density at radius 2 is 1.89 bits per heavy atom. The molecule has 6 nitrogen and oxygen atoms in total. The number of phenolic OH excluding ortho intramolecular Hbond substituents is 1. The van der Waals surface area contributed by atoms with E-state index in [0.29, 0.717) is 12.2 Å². The zero-order valence-electron chi connectivity index (χ0n) is 16.0. The van der Waals surface area contributed by atoms with Crippen LogP contribution in [0.3, 0.4) is 0 Å². The molecule has 2 rings (SSSR count). The molecule has 0 saturated heterocycles. The van der Waals surface area contributed by atoms with E-state index in [2.05, 4.69) is 11.5 Å². The number of hydrogen-bond donors (Lipinski definition) is 1. The summed E-state index contributed by atoms with van der Waals surface area (Å²) in [6.45, 7) is 8.39. The molecule has 2 aromatic rings. The molecule has 7 heteroatoms. The second-order valence-electron chi connectivity index (χ2n) is 6.17. The molecule has 0 fully saturated rings. The van der Waals surface area contributed by atoms with Crippen molar-refractivity contribution in [1.29, 1.82) is 0 Å². The van der Waals surface area contributed by atoms with Crippen LogP contribution in [0.25, 0.3) is 0 Å². The summed E-state index contributed by atoms with van der Waals surface area (Å²) in [5, 5.41) is 9.81. The van der Waals surface area contributed by atoms with Crippen molar-refractivity contribution in [3.63, 3.8) is 0 Å². The van der Waals surface area contributed by atoms with Gasteiger partial charge in [0, 0.05) is 23.5 Å². The Kier molecular flexibility index (Phi) is 6.91. The van der Waals surface area contributed by atoms with Crippen molar-refractivity contribution in [3.8, 4) is 11.5 Å². The molecule has 0 aliphatic rings. The summed E-state index contributed by atoms with van der Waals surface area (Å²) in [5.41, 5.74) is 2.51. The van der Waals surface area contributed by atoms with Crippen LogP contribution in [-0.4, -0.2) is 34.6 Å². The normalized spacial score (nSPS) is 10.7. The molecule has 0 bridgehead atoms. The van der Waals surface area contributed by atoms with E-state index >= 15 is 0 Å². The van der Waals surface area contributed by atoms with Crippen LogP contribution < -0.4 is 4.74 Å². The third-order valence-electron chi connectivity index (χ3n) is 4.22. The van der Waals surface area contributed by atoms with Gasteiger partial charge >= 0.3 is 5.97 Å². The summed E-state index contributed by atoms with van der Waals surface area (Å²) < 4.78 is 12.5. The zero-order valence-corrected chi connectivity index (χ0v) is 16.7. The van der Waals surface area contributed by atoms with Crippen molar-refractivity contribution in [2.45, 2.75) is 40.7 Å². The Labute approximate surface area is 163 Å². The highest BCUT2D eigenvalue weighted by Crippen LogP contribution is 2.35. The maximum Gasteiger partial charge on any atom is 0.338 e. The summed E-state index contributed by atoms with van der Waals surface area (Å²) >= 11 is 5.92. The molecule has 1 aromatic heterocycles. The Balaban J connectivity index is 2.12. The maximum atomic E-state index is 12.5. The van der Waals surface area contributed by atoms with Crippen LogP contribution in [0.1, 0.15) is 52.4 Å². The van der Waals surface area contributed by atoms with Crippen molar-refractivity contribution in [2.75, 3.05) is 13.2 Å². The lowest BCUT2D eigenvalue weighted by Crippen LogP contribution is -2.15. The highest BCUT2D eigenvalue weighted by molar-refractivity contribution is 6.32. The standard InChI is InChI=1S/C20H24ClNO5/c1-5-7-22-12(3)8-15(13(22)4)17(23)11-27-20(25)14-9-16(21)19(24)18(10-14)26-6-2/h8-10,24H,5-7,11H2,1-4H3. The lowest BCUT2D eigenvalue weighted by molar-refractivity contribution is 0.0474. The molecule has 0 radical (unpaired) electrons. The molecule has 146 valence electrons. The van der Waals surface area contributed by atoms with Crippen molar-refractivity contribution < 1.29 is 24.2 Å². The van der Waals surface area contributed by atoms with Gasteiger partial charge in [-0.1, -0.05) is 18.5 Å². The van der Waals surface area contributed by atoms with E-state index in [9.17, 15) is 14.7 Å². The van der Waals surface area contributed by atoms with E-state index in [1.807, 2.05) is 19.9 Å². The van der Waals surface area contributed by atoms with Gasteiger partial charge in [-0.25, -0.2) is 4.79 Å². The van der Waals surface area contributed by atoms with Crippen LogP contribution in [0.2, 0.25) is 5.02 Å². The van der Waals surface area contributed by atoms with Gasteiger partial charge in [0.05, 0.1) is 17.2 Å². The number of rotatable bonds is 8. The minimum atomic E-state index is -0.714. The first kappa shape index (κ1) is 20.8. The summed E-state index contributed by atoms with van der Waals surface area (Å²) in [6, 6.07) is 4.43. The molecule has 0 atom stereocenters. The van der Waals surface area contributed by atoms with E-state index in [-0.39, 0.29) is 34.5 Å². The monoisotopic (exact) mass is 393 g/mol. The highest BCUT2D eigenvalue weighted by Gasteiger charge is 2.19. The molecule has 27 heavy (non-hydrogen) atoms. The smallest absolute Gasteiger partial charge is 0.338 e. The molecule has 0 unspecified atom stereocenters. The number of carbonyl (C=O) groups is 2. The first-order valence-corrected chi connectivity index (χ1v) is 9.20. The van der Waals surface area contributed by atoms with Crippen molar-refractivity contribution in [1.82, 2.24) is 4.57 Å². The van der Waals surface area contributed by atoms with Crippen molar-refractivity contribution >= 4 is 23.4 Å². The quantitative estimate of drug-likeness (QED) is 0.534. The molecule has 1 N–H and O–H groups in total. The summed E-state index contributed by atoms with van der Waals surface area (Å²) in [7, 11) is 0. The number of phenols is 1. The summed E-state index contributed by atoms with van der Waals surface area (Å²) in [5.74, 6) is -1.14. The molecule has 1 heterocycles. The van der Waals surface area contributed by atoms with Gasteiger partial charge in [0.15, 0.2) is 18.1 Å². The number of esters is 1. The number of ketones is 1. The molecule has 0 aliphatic carbocycles. The number of carbonyl (C=O) groups excluding carboxylic acids is 2. The van der Waals surface area contributed by atoms with E-state index in [1.54, 1.807) is 6.92 Å². The number of aryl methyl sites for hydroxylation is 1. The Hall–Kier alpha value is -2.47. The zero-order chi connectivity index (χ0) is 20.1. The van der Waals surface area contributed by atoms with E-state index in [1.165, 1.54) is 12.1 Å². The van der Waals surface area contributed by atoms with Crippen LogP contribution >= 0.6 is 11.6 Å². The average molecular weight is 394 g/mol. The maximum absolute atomic E-state index is 12.5. The predicted octanol–water partition coefficient (Wildman–Crippen LogP) is 4.31. The van der Waals surface area contributed by atoms with Gasteiger partial charge < -0.3 is 19.1 Å². The molecular formula is C20H24ClNO5. The van der Waals surface area contributed by atoms with E-state index in [0.717, 1.165) is 24.4 Å². The molecule has 0 amide bonds. The van der Waals surface area contributed by atoms with Gasteiger partial charge in [-0.2, -0.15) is 0 Å². The highest BCUT2D eigenvalue weighted by atomic mass is 35.5. The average Bonchev–Trinajstić information content (AvgIpc) is 2.91. The van der Waals surface area contributed by atoms with Gasteiger partial charge in [0.2, 0.25) is 5.78 Å². The van der Waals surface area contributed by atoms with Crippen molar-refractivity contribution in [2.24, 2.45) is 0 Å². The molecule has 1 aromatic carbocycles. The fourth-order valence-electron chi connectivity index (χ4n) is 2.90. The summed E-state index contributed by atoms with van der Waals surface area (Å²) in [4.78, 5) is 24.8. The van der Waals surface area contributed by atoms with Crippen LogP contribution in [0.15, 0.2) is 18.2 Å². The van der Waals surface area contributed by atoms with Crippen molar-refractivity contribution in [3.05, 3.63) is 45.7 Å². The third kappa shape index (κ3) is 4.63. The predicted molar refractivity (Wildman–Crippen MR) is 103 cm³/mol. The molecular weight excluding hydrogens is 370 g/mol. The number of hydrogen-bond acceptors (Lipinski definition) is 5. The van der Waals surface area contributed by atoms with Crippen LogP contribution in [-0.2, 0) is 11.3 Å². The number of aromatic nitrogens is 1. The number of Topliss-reactive ketones (excluding diaryl/α,β-unsaturated/α-hetero) is 1. The largest absolute Gasteiger partial charge is 0.503 e. The molecule has 0 spiro atoms. The first-order chi connectivity index (χ1) is 12.8. The second-order valence-corrected chi connectivity index (χ2v) is 6.58. The Bertz CT molecular complexity index is 857. The Morgan fingerprint density at radius 1 is 1.19 bits per heavy atom. The van der Waals surface area contributed by atoms with Crippen LogP contribution in [0.4, 0.5) is 0 Å². The molecule has 0 aliphatic heterocycles. The molecule has 0 saturated carbocycles. The number of aromatic hydroxyl groups is 1. The number of nitrogens with zero attached hydrogens (tertiary/aromatic N) is 1. The van der Waals surface area contributed by atoms with Gasteiger partial charge in [0.25, 0.3) is 0 Å². The van der Waals surface area contributed by atoms with E-state index < -0.39 is 5.97 Å². The van der Waals surface area contributed by atoms with Gasteiger partial charge in [-0.3, -0.25) is 4.79 Å². The number of ether oxygens (including phenoxy) is 2. The lowest BCUT2D eigenvalue weighted by Gasteiger charge is -2.10. The number of benzene rings is 1. The fraction of sp³-hybridized carbons (Fsp3) is 0.400.